The first-order chi connectivity index (χ1) is 12.5. The highest BCUT2D eigenvalue weighted by molar-refractivity contribution is 5.85. The van der Waals surface area contributed by atoms with Crippen LogP contribution in [0.4, 0.5) is 0 Å². The Labute approximate surface area is 165 Å². The van der Waals surface area contributed by atoms with Gasteiger partial charge in [0.2, 0.25) is 0 Å². The van der Waals surface area contributed by atoms with Gasteiger partial charge in [0.05, 0.1) is 0 Å². The Morgan fingerprint density at radius 3 is 2.70 bits per heavy atom. The highest BCUT2D eigenvalue weighted by atomic mass is 35.5. The van der Waals surface area contributed by atoms with Gasteiger partial charge in [-0.1, -0.05) is 6.92 Å². The molecule has 1 unspecified atom stereocenters. The molecule has 0 radical (unpaired) electrons. The number of nitrogens with one attached hydrogen (secondary N) is 1. The van der Waals surface area contributed by atoms with Crippen molar-refractivity contribution in [1.82, 2.24) is 10.2 Å². The number of hydrogen-bond donors (Lipinski definition) is 1. The van der Waals surface area contributed by atoms with Gasteiger partial charge in [-0.3, -0.25) is 4.79 Å². The van der Waals surface area contributed by atoms with Crippen LogP contribution in [0, 0.1) is 0 Å². The largest absolute Gasteiger partial charge is 0.481 e. The quantitative estimate of drug-likeness (QED) is 0.789. The van der Waals surface area contributed by atoms with E-state index in [1.54, 1.807) is 17.9 Å². The molecule has 1 N–H and O–H groups in total. The molecule has 1 aromatic carbocycles. The van der Waals surface area contributed by atoms with E-state index in [0.717, 1.165) is 43.3 Å². The van der Waals surface area contributed by atoms with Crippen LogP contribution in [-0.2, 0) is 11.2 Å². The van der Waals surface area contributed by atoms with Crippen molar-refractivity contribution in [3.05, 3.63) is 40.2 Å². The lowest BCUT2D eigenvalue weighted by atomic mass is 10.0. The Bertz CT molecular complexity index is 845. The number of ether oxygens (including phenoxy) is 1. The summed E-state index contributed by atoms with van der Waals surface area (Å²) in [6, 6.07) is 7.14. The number of carbonyl (C=O) groups is 1. The molecule has 1 saturated heterocycles. The number of piperidine rings is 1. The number of carbonyl (C=O) groups excluding carboxylic acids is 1. The molecule has 1 fully saturated rings. The van der Waals surface area contributed by atoms with Crippen LogP contribution in [0.2, 0.25) is 0 Å². The zero-order valence-corrected chi connectivity index (χ0v) is 16.8. The molecule has 2 heterocycles. The summed E-state index contributed by atoms with van der Waals surface area (Å²) in [5, 5.41) is 4.20. The van der Waals surface area contributed by atoms with Gasteiger partial charge in [0.1, 0.15) is 11.3 Å². The maximum absolute atomic E-state index is 12.7. The lowest BCUT2D eigenvalue weighted by molar-refractivity contribution is -0.139. The predicted octanol–water partition coefficient (Wildman–Crippen LogP) is 2.75. The highest BCUT2D eigenvalue weighted by Gasteiger charge is 2.26. The van der Waals surface area contributed by atoms with Gasteiger partial charge in [-0.15, -0.1) is 12.4 Å². The minimum Gasteiger partial charge on any atom is -0.481 e. The summed E-state index contributed by atoms with van der Waals surface area (Å²) in [4.78, 5) is 26.2. The fourth-order valence-electron chi connectivity index (χ4n) is 3.49. The summed E-state index contributed by atoms with van der Waals surface area (Å²) in [5.74, 6) is 0.481. The van der Waals surface area contributed by atoms with Crippen LogP contribution in [0.5, 0.6) is 5.75 Å². The van der Waals surface area contributed by atoms with Crippen LogP contribution in [0.15, 0.2) is 33.5 Å². The average molecular weight is 395 g/mol. The van der Waals surface area contributed by atoms with Crippen LogP contribution >= 0.6 is 12.4 Å². The normalized spacial score (nSPS) is 15.8. The topological polar surface area (TPSA) is 71.8 Å². The van der Waals surface area contributed by atoms with Crippen molar-refractivity contribution < 1.29 is 13.9 Å². The van der Waals surface area contributed by atoms with E-state index in [1.165, 1.54) is 6.07 Å². The van der Waals surface area contributed by atoms with Gasteiger partial charge < -0.3 is 19.4 Å². The molecule has 1 amide bonds. The third kappa shape index (κ3) is 4.82. The Balaban J connectivity index is 0.00000261. The molecular weight excluding hydrogens is 368 g/mol. The molecule has 2 aromatic rings. The first-order valence-corrected chi connectivity index (χ1v) is 9.20. The first kappa shape index (κ1) is 21.3. The number of nitrogens with zero attached hydrogens (tertiary/aromatic N) is 1. The van der Waals surface area contributed by atoms with Crippen molar-refractivity contribution in [2.75, 3.05) is 20.1 Å². The van der Waals surface area contributed by atoms with Crippen LogP contribution in [0.3, 0.4) is 0 Å². The lowest BCUT2D eigenvalue weighted by Crippen LogP contribution is -2.48. The van der Waals surface area contributed by atoms with E-state index < -0.39 is 6.10 Å². The Hall–Kier alpha value is -2.05. The molecule has 6 nitrogen and oxygen atoms in total. The van der Waals surface area contributed by atoms with E-state index in [-0.39, 0.29) is 30.0 Å². The van der Waals surface area contributed by atoms with Crippen LogP contribution < -0.4 is 15.7 Å². The lowest BCUT2D eigenvalue weighted by Gasteiger charge is -2.33. The molecule has 0 saturated carbocycles. The van der Waals surface area contributed by atoms with Crippen molar-refractivity contribution in [2.24, 2.45) is 0 Å². The zero-order valence-electron chi connectivity index (χ0n) is 16.0. The van der Waals surface area contributed by atoms with Gasteiger partial charge in [-0.25, -0.2) is 4.79 Å². The standard InChI is InChI=1S/C20H26N2O4.ClH/c1-4-14-11-19(23)26-18-12-16(5-6-17(14)18)25-13(2)20(24)22(3)15-7-9-21-10-8-15;/h5-6,11-13,15,21H,4,7-10H2,1-3H3;1H. The van der Waals surface area contributed by atoms with Gasteiger partial charge in [0.15, 0.2) is 6.10 Å². The molecule has 27 heavy (non-hydrogen) atoms. The van der Waals surface area contributed by atoms with E-state index >= 15 is 0 Å². The molecule has 3 rings (SSSR count). The van der Waals surface area contributed by atoms with E-state index in [4.69, 9.17) is 9.15 Å². The second-order valence-corrected chi connectivity index (χ2v) is 6.79. The number of hydrogen-bond acceptors (Lipinski definition) is 5. The summed E-state index contributed by atoms with van der Waals surface area (Å²) in [7, 11) is 1.84. The maximum atomic E-state index is 12.7. The van der Waals surface area contributed by atoms with Crippen molar-refractivity contribution in [3.63, 3.8) is 0 Å². The average Bonchev–Trinajstić information content (AvgIpc) is 2.66. The number of rotatable bonds is 5. The van der Waals surface area contributed by atoms with Gasteiger partial charge in [-0.05, 0) is 57.0 Å². The number of amides is 1. The van der Waals surface area contributed by atoms with Gasteiger partial charge in [0.25, 0.3) is 5.91 Å². The molecule has 148 valence electrons. The smallest absolute Gasteiger partial charge is 0.336 e. The fraction of sp³-hybridized carbons (Fsp3) is 0.500. The summed E-state index contributed by atoms with van der Waals surface area (Å²) in [6.45, 7) is 5.61. The molecule has 7 heteroatoms. The Morgan fingerprint density at radius 1 is 1.33 bits per heavy atom. The van der Waals surface area contributed by atoms with Crippen molar-refractivity contribution in [2.45, 2.75) is 45.3 Å². The van der Waals surface area contributed by atoms with E-state index in [9.17, 15) is 9.59 Å². The summed E-state index contributed by atoms with van der Waals surface area (Å²) >= 11 is 0. The molecule has 1 aromatic heterocycles. The third-order valence-corrected chi connectivity index (χ3v) is 5.05. The van der Waals surface area contributed by atoms with E-state index in [1.807, 2.05) is 26.1 Å². The van der Waals surface area contributed by atoms with Gasteiger partial charge in [0, 0.05) is 30.6 Å². The second-order valence-electron chi connectivity index (χ2n) is 6.79. The van der Waals surface area contributed by atoms with E-state index in [0.29, 0.717) is 11.3 Å². The molecule has 1 aliphatic heterocycles. The maximum Gasteiger partial charge on any atom is 0.336 e. The highest BCUT2D eigenvalue weighted by Crippen LogP contribution is 2.24. The van der Waals surface area contributed by atoms with Crippen LogP contribution in [-0.4, -0.2) is 43.1 Å². The Morgan fingerprint density at radius 2 is 2.04 bits per heavy atom. The number of likely N-dealkylation sites (N-methyl/N-ethyl adjacent to an activating group) is 1. The number of benzene rings is 1. The monoisotopic (exact) mass is 394 g/mol. The summed E-state index contributed by atoms with van der Waals surface area (Å²) in [5.41, 5.74) is 1.05. The molecule has 0 bridgehead atoms. The summed E-state index contributed by atoms with van der Waals surface area (Å²) < 4.78 is 11.1. The van der Waals surface area contributed by atoms with Gasteiger partial charge >= 0.3 is 5.63 Å². The molecule has 1 aliphatic rings. The summed E-state index contributed by atoms with van der Waals surface area (Å²) in [6.07, 6.45) is 2.05. The molecule has 0 spiro atoms. The Kier molecular flexibility index (Phi) is 7.27. The van der Waals surface area contributed by atoms with E-state index in [2.05, 4.69) is 5.32 Å². The van der Waals surface area contributed by atoms with Crippen molar-refractivity contribution in [1.29, 1.82) is 0 Å². The van der Waals surface area contributed by atoms with Gasteiger partial charge in [-0.2, -0.15) is 0 Å². The number of halogens is 1. The van der Waals surface area contributed by atoms with Crippen LogP contribution in [0.25, 0.3) is 11.0 Å². The number of fused-ring (bicyclic) bond motifs is 1. The zero-order chi connectivity index (χ0) is 18.7. The number of aryl methyl sites for hydroxylation is 1. The van der Waals surface area contributed by atoms with Crippen LogP contribution in [0.1, 0.15) is 32.3 Å². The van der Waals surface area contributed by atoms with Crippen molar-refractivity contribution in [3.8, 4) is 5.75 Å². The fourth-order valence-corrected chi connectivity index (χ4v) is 3.49. The molecule has 1 atom stereocenters. The predicted molar refractivity (Wildman–Crippen MR) is 108 cm³/mol. The molecular formula is C20H27ClN2O4. The molecule has 0 aliphatic carbocycles. The minimum absolute atomic E-state index is 0. The SMILES string of the molecule is CCc1cc(=O)oc2cc(OC(C)C(=O)N(C)C3CCNCC3)ccc12.Cl. The second kappa shape index (κ2) is 9.24. The first-order valence-electron chi connectivity index (χ1n) is 9.20. The minimum atomic E-state index is -0.603. The third-order valence-electron chi connectivity index (χ3n) is 5.05. The van der Waals surface area contributed by atoms with Crippen molar-refractivity contribution >= 4 is 29.3 Å².